The largest absolute Gasteiger partial charge is 0.390 e. The molecule has 74 valence electrons. The van der Waals surface area contributed by atoms with Gasteiger partial charge >= 0.3 is 0 Å². The molecule has 0 radical (unpaired) electrons. The van der Waals surface area contributed by atoms with E-state index in [0.717, 1.165) is 12.8 Å². The van der Waals surface area contributed by atoms with Gasteiger partial charge in [0.15, 0.2) is 0 Å². The van der Waals surface area contributed by atoms with Crippen LogP contribution in [0.1, 0.15) is 47.0 Å². The monoisotopic (exact) mass is 174 g/mol. The summed E-state index contributed by atoms with van der Waals surface area (Å²) in [6, 6.07) is 0. The summed E-state index contributed by atoms with van der Waals surface area (Å²) in [7, 11) is 0. The summed E-state index contributed by atoms with van der Waals surface area (Å²) in [4.78, 5) is 0. The van der Waals surface area contributed by atoms with Gasteiger partial charge in [-0.05, 0) is 11.8 Å². The van der Waals surface area contributed by atoms with Crippen molar-refractivity contribution in [2.45, 2.75) is 59.2 Å². The number of aliphatic hydroxyl groups excluding tert-OH is 2. The van der Waals surface area contributed by atoms with Crippen LogP contribution in [-0.2, 0) is 0 Å². The van der Waals surface area contributed by atoms with Gasteiger partial charge in [-0.15, -0.1) is 0 Å². The van der Waals surface area contributed by atoms with Gasteiger partial charge in [0.05, 0.1) is 12.2 Å². The third-order valence-electron chi connectivity index (χ3n) is 2.11. The lowest BCUT2D eigenvalue weighted by atomic mass is 9.84. The minimum Gasteiger partial charge on any atom is -0.390 e. The van der Waals surface area contributed by atoms with Crippen LogP contribution in [0.15, 0.2) is 0 Å². The summed E-state index contributed by atoms with van der Waals surface area (Å²) in [6.07, 6.45) is 1.57. The van der Waals surface area contributed by atoms with Crippen LogP contribution in [0.2, 0.25) is 0 Å². The van der Waals surface area contributed by atoms with Gasteiger partial charge in [-0.1, -0.05) is 40.5 Å². The van der Waals surface area contributed by atoms with Crippen molar-refractivity contribution in [2.24, 2.45) is 5.41 Å². The normalized spacial score (nSPS) is 17.5. The van der Waals surface area contributed by atoms with Crippen LogP contribution in [0.3, 0.4) is 0 Å². The van der Waals surface area contributed by atoms with Crippen molar-refractivity contribution < 1.29 is 10.2 Å². The van der Waals surface area contributed by atoms with E-state index in [4.69, 9.17) is 0 Å². The van der Waals surface area contributed by atoms with Crippen molar-refractivity contribution in [1.82, 2.24) is 0 Å². The Morgan fingerprint density at radius 1 is 1.17 bits per heavy atom. The van der Waals surface area contributed by atoms with E-state index >= 15 is 0 Å². The first-order chi connectivity index (χ1) is 5.39. The van der Waals surface area contributed by atoms with E-state index < -0.39 is 12.2 Å². The maximum absolute atomic E-state index is 9.63. The first-order valence-corrected chi connectivity index (χ1v) is 4.75. The Labute approximate surface area is 75.6 Å². The molecule has 0 saturated heterocycles. The predicted octanol–water partition coefficient (Wildman–Crippen LogP) is 1.94. The van der Waals surface area contributed by atoms with Crippen molar-refractivity contribution in [3.8, 4) is 0 Å². The average molecular weight is 174 g/mol. The molecule has 0 aliphatic rings. The molecule has 2 heteroatoms. The highest BCUT2D eigenvalue weighted by Crippen LogP contribution is 2.23. The zero-order valence-corrected chi connectivity index (χ0v) is 8.67. The molecule has 0 spiro atoms. The zero-order valence-electron chi connectivity index (χ0n) is 8.67. The van der Waals surface area contributed by atoms with E-state index in [-0.39, 0.29) is 5.41 Å². The molecule has 0 aromatic rings. The highest BCUT2D eigenvalue weighted by molar-refractivity contribution is 4.79. The highest BCUT2D eigenvalue weighted by Gasteiger charge is 2.28. The van der Waals surface area contributed by atoms with Gasteiger partial charge in [-0.2, -0.15) is 0 Å². The number of unbranched alkanes of at least 4 members (excludes halogenated alkanes) is 1. The van der Waals surface area contributed by atoms with Crippen molar-refractivity contribution in [3.63, 3.8) is 0 Å². The fourth-order valence-electron chi connectivity index (χ4n) is 1.15. The first-order valence-electron chi connectivity index (χ1n) is 4.75. The molecule has 2 unspecified atom stereocenters. The highest BCUT2D eigenvalue weighted by atomic mass is 16.3. The quantitative estimate of drug-likeness (QED) is 0.684. The van der Waals surface area contributed by atoms with Gasteiger partial charge < -0.3 is 10.2 Å². The summed E-state index contributed by atoms with van der Waals surface area (Å²) in [5.41, 5.74) is -0.215. The van der Waals surface area contributed by atoms with E-state index in [1.807, 2.05) is 20.8 Å². The molecule has 2 nitrogen and oxygen atoms in total. The molecule has 0 aliphatic heterocycles. The number of hydrogen-bond acceptors (Lipinski definition) is 2. The van der Waals surface area contributed by atoms with Crippen molar-refractivity contribution in [2.75, 3.05) is 0 Å². The predicted molar refractivity (Wildman–Crippen MR) is 51.0 cm³/mol. The topological polar surface area (TPSA) is 40.5 Å². The zero-order chi connectivity index (χ0) is 9.78. The third kappa shape index (κ3) is 4.07. The maximum atomic E-state index is 9.63. The molecule has 0 aliphatic carbocycles. The molecule has 0 saturated carbocycles. The Bertz CT molecular complexity index is 115. The summed E-state index contributed by atoms with van der Waals surface area (Å²) in [5.74, 6) is 0. The first kappa shape index (κ1) is 11.9. The second-order valence-electron chi connectivity index (χ2n) is 4.52. The number of hydrogen-bond donors (Lipinski definition) is 2. The molecule has 0 aromatic carbocycles. The minimum atomic E-state index is -0.607. The molecular formula is C10H22O2. The molecule has 2 atom stereocenters. The van der Waals surface area contributed by atoms with E-state index in [2.05, 4.69) is 6.92 Å². The molecule has 0 bridgehead atoms. The fourth-order valence-corrected chi connectivity index (χ4v) is 1.15. The van der Waals surface area contributed by atoms with E-state index in [1.54, 1.807) is 0 Å². The lowest BCUT2D eigenvalue weighted by molar-refractivity contribution is -0.0480. The summed E-state index contributed by atoms with van der Waals surface area (Å²) >= 11 is 0. The summed E-state index contributed by atoms with van der Waals surface area (Å²) in [6.45, 7) is 7.89. The lowest BCUT2D eigenvalue weighted by Crippen LogP contribution is -2.37. The maximum Gasteiger partial charge on any atom is 0.0847 e. The molecule has 0 fully saturated rings. The van der Waals surface area contributed by atoms with Crippen LogP contribution in [0.25, 0.3) is 0 Å². The molecular weight excluding hydrogens is 152 g/mol. The second kappa shape index (κ2) is 4.83. The van der Waals surface area contributed by atoms with E-state index in [0.29, 0.717) is 6.42 Å². The van der Waals surface area contributed by atoms with Crippen LogP contribution in [0, 0.1) is 5.41 Å². The summed E-state index contributed by atoms with van der Waals surface area (Å²) in [5, 5.41) is 19.2. The number of aliphatic hydroxyl groups is 2. The summed E-state index contributed by atoms with van der Waals surface area (Å²) < 4.78 is 0. The Kier molecular flexibility index (Phi) is 4.80. The SMILES string of the molecule is CCCCC(O)C(O)C(C)(C)C. The standard InChI is InChI=1S/C10H22O2/c1-5-6-7-8(11)9(12)10(2,3)4/h8-9,11-12H,5-7H2,1-4H3. The Morgan fingerprint density at radius 2 is 1.67 bits per heavy atom. The third-order valence-corrected chi connectivity index (χ3v) is 2.11. The van der Waals surface area contributed by atoms with Gasteiger partial charge in [-0.3, -0.25) is 0 Å². The van der Waals surface area contributed by atoms with Crippen molar-refractivity contribution in [1.29, 1.82) is 0 Å². The fraction of sp³-hybridized carbons (Fsp3) is 1.00. The molecule has 2 N–H and O–H groups in total. The van der Waals surface area contributed by atoms with Crippen LogP contribution < -0.4 is 0 Å². The van der Waals surface area contributed by atoms with Crippen LogP contribution >= 0.6 is 0 Å². The smallest absolute Gasteiger partial charge is 0.0847 e. The van der Waals surface area contributed by atoms with Crippen molar-refractivity contribution in [3.05, 3.63) is 0 Å². The Balaban J connectivity index is 3.84. The van der Waals surface area contributed by atoms with Crippen LogP contribution in [0.4, 0.5) is 0 Å². The van der Waals surface area contributed by atoms with Crippen LogP contribution in [-0.4, -0.2) is 22.4 Å². The van der Waals surface area contributed by atoms with E-state index in [1.165, 1.54) is 0 Å². The average Bonchev–Trinajstić information content (AvgIpc) is 1.97. The Morgan fingerprint density at radius 3 is 2.00 bits per heavy atom. The van der Waals surface area contributed by atoms with Gasteiger partial charge in [0.25, 0.3) is 0 Å². The van der Waals surface area contributed by atoms with Crippen LogP contribution in [0.5, 0.6) is 0 Å². The van der Waals surface area contributed by atoms with Gasteiger partial charge in [0.2, 0.25) is 0 Å². The minimum absolute atomic E-state index is 0.215. The number of rotatable bonds is 4. The molecule has 0 amide bonds. The second-order valence-corrected chi connectivity index (χ2v) is 4.52. The van der Waals surface area contributed by atoms with Gasteiger partial charge in [0, 0.05) is 0 Å². The van der Waals surface area contributed by atoms with Crippen molar-refractivity contribution >= 4 is 0 Å². The molecule has 0 rings (SSSR count). The van der Waals surface area contributed by atoms with E-state index in [9.17, 15) is 10.2 Å². The molecule has 0 aromatic heterocycles. The molecule has 12 heavy (non-hydrogen) atoms. The van der Waals surface area contributed by atoms with Gasteiger partial charge in [0.1, 0.15) is 0 Å². The molecule has 0 heterocycles. The van der Waals surface area contributed by atoms with Gasteiger partial charge in [-0.25, -0.2) is 0 Å². The Hall–Kier alpha value is -0.0800. The lowest BCUT2D eigenvalue weighted by Gasteiger charge is -2.29.